The normalized spacial score (nSPS) is 10.6. The number of rotatable bonds is 4. The van der Waals surface area contributed by atoms with E-state index in [1.165, 1.54) is 12.3 Å². The summed E-state index contributed by atoms with van der Waals surface area (Å²) in [6.45, 7) is 3.97. The van der Waals surface area contributed by atoms with E-state index in [-0.39, 0.29) is 24.1 Å². The van der Waals surface area contributed by atoms with Crippen molar-refractivity contribution in [2.45, 2.75) is 26.4 Å². The molecule has 0 radical (unpaired) electrons. The Morgan fingerprint density at radius 1 is 1.53 bits per heavy atom. The molecule has 0 aliphatic rings. The third kappa shape index (κ3) is 3.33. The Hall–Kier alpha value is -1.30. The molecule has 0 saturated carbocycles. The van der Waals surface area contributed by atoms with Gasteiger partial charge < -0.3 is 14.6 Å². The van der Waals surface area contributed by atoms with Crippen molar-refractivity contribution in [2.24, 2.45) is 0 Å². The van der Waals surface area contributed by atoms with Gasteiger partial charge >= 0.3 is 5.97 Å². The van der Waals surface area contributed by atoms with Crippen LogP contribution in [0.25, 0.3) is 0 Å². The van der Waals surface area contributed by atoms with E-state index < -0.39 is 5.97 Å². The molecule has 1 amide bonds. The number of aromatic carboxylic acids is 1. The summed E-state index contributed by atoms with van der Waals surface area (Å²) in [6.07, 6.45) is 1.44. The molecule has 0 unspecified atom stereocenters. The molecule has 0 saturated heterocycles. The maximum Gasteiger partial charge on any atom is 0.337 e. The first-order valence-corrected chi connectivity index (χ1v) is 5.97. The van der Waals surface area contributed by atoms with Crippen LogP contribution in [-0.4, -0.2) is 39.5 Å². The molecule has 1 aromatic heterocycles. The van der Waals surface area contributed by atoms with Gasteiger partial charge in [-0.3, -0.25) is 4.79 Å². The van der Waals surface area contributed by atoms with Crippen LogP contribution in [0.4, 0.5) is 0 Å². The van der Waals surface area contributed by atoms with Crippen molar-refractivity contribution in [2.75, 3.05) is 7.05 Å². The maximum atomic E-state index is 11.8. The van der Waals surface area contributed by atoms with Crippen LogP contribution in [0.5, 0.6) is 0 Å². The minimum atomic E-state index is -1.01. The molecule has 6 heteroatoms. The van der Waals surface area contributed by atoms with Gasteiger partial charge in [-0.2, -0.15) is 0 Å². The highest BCUT2D eigenvalue weighted by atomic mass is 79.9. The molecular formula is C11H15BrN2O3. The number of halogens is 1. The Balaban J connectivity index is 2.82. The summed E-state index contributed by atoms with van der Waals surface area (Å²) in [7, 11) is 1.72. The van der Waals surface area contributed by atoms with Crippen molar-refractivity contribution in [3.8, 4) is 0 Å². The number of likely N-dealkylation sites (N-methyl/N-ethyl adjacent to an activating group) is 1. The van der Waals surface area contributed by atoms with E-state index in [1.54, 1.807) is 16.5 Å². The second-order valence-electron chi connectivity index (χ2n) is 4.08. The third-order valence-corrected chi connectivity index (χ3v) is 3.25. The molecule has 0 aliphatic heterocycles. The zero-order chi connectivity index (χ0) is 13.2. The van der Waals surface area contributed by atoms with E-state index in [1.807, 2.05) is 13.8 Å². The van der Waals surface area contributed by atoms with Gasteiger partial charge in [-0.25, -0.2) is 4.79 Å². The van der Waals surface area contributed by atoms with E-state index in [0.29, 0.717) is 4.60 Å². The molecule has 17 heavy (non-hydrogen) atoms. The van der Waals surface area contributed by atoms with Crippen LogP contribution in [-0.2, 0) is 11.3 Å². The molecule has 0 bridgehead atoms. The fourth-order valence-corrected chi connectivity index (χ4v) is 1.74. The number of hydrogen-bond donors (Lipinski definition) is 1. The Morgan fingerprint density at radius 2 is 2.12 bits per heavy atom. The molecule has 1 rings (SSSR count). The lowest BCUT2D eigenvalue weighted by Gasteiger charge is -2.21. The molecule has 0 fully saturated rings. The lowest BCUT2D eigenvalue weighted by molar-refractivity contribution is -0.132. The van der Waals surface area contributed by atoms with E-state index >= 15 is 0 Å². The van der Waals surface area contributed by atoms with Gasteiger partial charge in [0.2, 0.25) is 5.91 Å². The summed E-state index contributed by atoms with van der Waals surface area (Å²) in [4.78, 5) is 24.2. The molecule has 1 N–H and O–H groups in total. The van der Waals surface area contributed by atoms with Crippen molar-refractivity contribution in [1.82, 2.24) is 9.47 Å². The highest BCUT2D eigenvalue weighted by molar-refractivity contribution is 9.10. The van der Waals surface area contributed by atoms with Crippen LogP contribution < -0.4 is 0 Å². The van der Waals surface area contributed by atoms with Gasteiger partial charge in [-0.1, -0.05) is 0 Å². The minimum Gasteiger partial charge on any atom is -0.478 e. The fraction of sp³-hybridized carbons (Fsp3) is 0.455. The first-order chi connectivity index (χ1) is 7.82. The number of hydrogen-bond acceptors (Lipinski definition) is 2. The van der Waals surface area contributed by atoms with Gasteiger partial charge in [-0.05, 0) is 35.8 Å². The van der Waals surface area contributed by atoms with Crippen LogP contribution in [0.2, 0.25) is 0 Å². The number of nitrogens with zero attached hydrogens (tertiary/aromatic N) is 2. The standard InChI is InChI=1S/C11H15BrN2O3/c1-7(2)13(3)10(15)6-14-5-8(11(16)17)4-9(14)12/h4-5,7H,6H2,1-3H3,(H,16,17). The van der Waals surface area contributed by atoms with Crippen molar-refractivity contribution in [3.63, 3.8) is 0 Å². The molecule has 1 aromatic rings. The Kier molecular flexibility index (Phi) is 4.34. The van der Waals surface area contributed by atoms with Gasteiger partial charge in [0.25, 0.3) is 0 Å². The maximum absolute atomic E-state index is 11.8. The molecule has 94 valence electrons. The molecule has 0 aliphatic carbocycles. The molecular weight excluding hydrogens is 288 g/mol. The number of carbonyl (C=O) groups excluding carboxylic acids is 1. The number of carboxylic acid groups (broad SMARTS) is 1. The summed E-state index contributed by atoms with van der Waals surface area (Å²) in [5.74, 6) is -1.07. The second kappa shape index (κ2) is 5.35. The highest BCUT2D eigenvalue weighted by Gasteiger charge is 2.15. The first-order valence-electron chi connectivity index (χ1n) is 5.17. The highest BCUT2D eigenvalue weighted by Crippen LogP contribution is 2.15. The van der Waals surface area contributed by atoms with E-state index in [0.717, 1.165) is 0 Å². The van der Waals surface area contributed by atoms with E-state index in [9.17, 15) is 9.59 Å². The lowest BCUT2D eigenvalue weighted by Crippen LogP contribution is -2.35. The second-order valence-corrected chi connectivity index (χ2v) is 4.90. The van der Waals surface area contributed by atoms with Crippen LogP contribution in [0.1, 0.15) is 24.2 Å². The van der Waals surface area contributed by atoms with Crippen LogP contribution in [0.3, 0.4) is 0 Å². The van der Waals surface area contributed by atoms with Crippen molar-refractivity contribution in [1.29, 1.82) is 0 Å². The lowest BCUT2D eigenvalue weighted by atomic mass is 10.3. The summed E-state index contributed by atoms with van der Waals surface area (Å²) >= 11 is 3.23. The van der Waals surface area contributed by atoms with Crippen molar-refractivity contribution in [3.05, 3.63) is 22.4 Å². The van der Waals surface area contributed by atoms with E-state index in [4.69, 9.17) is 5.11 Å². The minimum absolute atomic E-state index is 0.0618. The quantitative estimate of drug-likeness (QED) is 0.923. The van der Waals surface area contributed by atoms with Gasteiger partial charge in [-0.15, -0.1) is 0 Å². The average Bonchev–Trinajstić information content (AvgIpc) is 2.59. The Labute approximate surface area is 108 Å². The summed E-state index contributed by atoms with van der Waals surface area (Å²) < 4.78 is 2.16. The van der Waals surface area contributed by atoms with E-state index in [2.05, 4.69) is 15.9 Å². The third-order valence-electron chi connectivity index (χ3n) is 2.56. The van der Waals surface area contributed by atoms with Crippen molar-refractivity contribution < 1.29 is 14.7 Å². The average molecular weight is 303 g/mol. The fourth-order valence-electron chi connectivity index (χ4n) is 1.26. The van der Waals surface area contributed by atoms with Crippen LogP contribution in [0.15, 0.2) is 16.9 Å². The predicted molar refractivity (Wildman–Crippen MR) is 67.0 cm³/mol. The topological polar surface area (TPSA) is 62.5 Å². The van der Waals surface area contributed by atoms with Crippen LogP contribution in [0, 0.1) is 0 Å². The zero-order valence-corrected chi connectivity index (χ0v) is 11.6. The number of carbonyl (C=O) groups is 2. The molecule has 1 heterocycles. The molecule has 0 atom stereocenters. The van der Waals surface area contributed by atoms with Crippen LogP contribution >= 0.6 is 15.9 Å². The molecule has 0 spiro atoms. The number of carboxylic acids is 1. The Bertz CT molecular complexity index is 440. The summed E-state index contributed by atoms with van der Waals surface area (Å²) in [5, 5.41) is 8.82. The smallest absolute Gasteiger partial charge is 0.337 e. The predicted octanol–water partition coefficient (Wildman–Crippen LogP) is 1.82. The van der Waals surface area contributed by atoms with Gasteiger partial charge in [0, 0.05) is 19.3 Å². The van der Waals surface area contributed by atoms with Gasteiger partial charge in [0.05, 0.1) is 10.2 Å². The van der Waals surface area contributed by atoms with Gasteiger partial charge in [0.1, 0.15) is 6.54 Å². The SMILES string of the molecule is CC(C)N(C)C(=O)Cn1cc(C(=O)O)cc1Br. The molecule has 5 nitrogen and oxygen atoms in total. The summed E-state index contributed by atoms with van der Waals surface area (Å²) in [6, 6.07) is 1.60. The van der Waals surface area contributed by atoms with Crippen molar-refractivity contribution >= 4 is 27.8 Å². The molecule has 0 aromatic carbocycles. The summed E-state index contributed by atoms with van der Waals surface area (Å²) in [5.41, 5.74) is 0.164. The first kappa shape index (κ1) is 13.8. The number of aromatic nitrogens is 1. The van der Waals surface area contributed by atoms with Gasteiger partial charge in [0.15, 0.2) is 0 Å². The Morgan fingerprint density at radius 3 is 2.53 bits per heavy atom. The largest absolute Gasteiger partial charge is 0.478 e. The zero-order valence-electron chi connectivity index (χ0n) is 9.98. The number of amides is 1. The monoisotopic (exact) mass is 302 g/mol.